The number of nitrogens with zero attached hydrogens (tertiary/aromatic N) is 3. The van der Waals surface area contributed by atoms with Crippen LogP contribution in [-0.4, -0.2) is 24.1 Å². The summed E-state index contributed by atoms with van der Waals surface area (Å²) < 4.78 is 0. The fourth-order valence-electron chi connectivity index (χ4n) is 2.16. The Hall–Kier alpha value is -1.66. The molecule has 6 heteroatoms. The van der Waals surface area contributed by atoms with Crippen molar-refractivity contribution in [3.63, 3.8) is 0 Å². The molecule has 3 rings (SSSR count). The molecule has 0 aliphatic carbocycles. The minimum absolute atomic E-state index is 0.673. The molecule has 0 saturated carbocycles. The van der Waals surface area contributed by atoms with E-state index in [1.54, 1.807) is 22.7 Å². The lowest BCUT2D eigenvalue weighted by Crippen LogP contribution is -2.18. The standard InChI is InChI=1S/C14H16N4S2/c1-9-6-11-12(16-14(15-2)17-13(11)20-9)18(3)7-10-4-5-19-8-10/h4-6,8H,7H2,1-3H3,(H,15,16,17). The molecular formula is C14H16N4S2. The van der Waals surface area contributed by atoms with Gasteiger partial charge in [-0.05, 0) is 35.4 Å². The summed E-state index contributed by atoms with van der Waals surface area (Å²) in [5.41, 5.74) is 1.31. The zero-order valence-electron chi connectivity index (χ0n) is 11.7. The molecule has 0 atom stereocenters. The van der Waals surface area contributed by atoms with Crippen molar-refractivity contribution >= 4 is 44.7 Å². The van der Waals surface area contributed by atoms with Crippen molar-refractivity contribution in [1.82, 2.24) is 9.97 Å². The van der Waals surface area contributed by atoms with Gasteiger partial charge in [0, 0.05) is 25.5 Å². The van der Waals surface area contributed by atoms with Crippen molar-refractivity contribution in [2.45, 2.75) is 13.5 Å². The Bertz CT molecular complexity index is 718. The number of nitrogens with one attached hydrogen (secondary N) is 1. The van der Waals surface area contributed by atoms with Gasteiger partial charge in [-0.1, -0.05) is 0 Å². The van der Waals surface area contributed by atoms with E-state index in [-0.39, 0.29) is 0 Å². The van der Waals surface area contributed by atoms with Crippen molar-refractivity contribution in [3.8, 4) is 0 Å². The van der Waals surface area contributed by atoms with Crippen LogP contribution in [0.4, 0.5) is 11.8 Å². The van der Waals surface area contributed by atoms with Gasteiger partial charge in [0.15, 0.2) is 0 Å². The molecule has 0 spiro atoms. The van der Waals surface area contributed by atoms with E-state index in [1.807, 2.05) is 7.05 Å². The Kier molecular flexibility index (Phi) is 3.58. The summed E-state index contributed by atoms with van der Waals surface area (Å²) in [5.74, 6) is 1.65. The van der Waals surface area contributed by atoms with Gasteiger partial charge in [-0.3, -0.25) is 0 Å². The molecule has 0 fully saturated rings. The van der Waals surface area contributed by atoms with Crippen LogP contribution in [0.25, 0.3) is 10.2 Å². The van der Waals surface area contributed by atoms with Gasteiger partial charge in [0.25, 0.3) is 0 Å². The third-order valence-electron chi connectivity index (χ3n) is 3.08. The number of anilines is 2. The van der Waals surface area contributed by atoms with Crippen LogP contribution >= 0.6 is 22.7 Å². The number of rotatable bonds is 4. The second-order valence-corrected chi connectivity index (χ2v) is 6.70. The number of fused-ring (bicyclic) bond motifs is 1. The first kappa shape index (κ1) is 13.3. The topological polar surface area (TPSA) is 41.1 Å². The van der Waals surface area contributed by atoms with Crippen molar-refractivity contribution in [1.29, 1.82) is 0 Å². The molecule has 0 aromatic carbocycles. The summed E-state index contributed by atoms with van der Waals surface area (Å²) >= 11 is 3.43. The minimum atomic E-state index is 0.673. The second-order valence-electron chi connectivity index (χ2n) is 4.68. The molecule has 4 nitrogen and oxygen atoms in total. The van der Waals surface area contributed by atoms with Crippen molar-refractivity contribution < 1.29 is 0 Å². The summed E-state index contributed by atoms with van der Waals surface area (Å²) in [6, 6.07) is 4.32. The zero-order valence-corrected chi connectivity index (χ0v) is 13.3. The fraction of sp³-hybridized carbons (Fsp3) is 0.286. The quantitative estimate of drug-likeness (QED) is 0.797. The van der Waals surface area contributed by atoms with Crippen molar-refractivity contribution in [2.24, 2.45) is 0 Å². The summed E-state index contributed by atoms with van der Waals surface area (Å²) in [6.45, 7) is 2.96. The van der Waals surface area contributed by atoms with Gasteiger partial charge >= 0.3 is 0 Å². The highest BCUT2D eigenvalue weighted by Gasteiger charge is 2.14. The highest BCUT2D eigenvalue weighted by molar-refractivity contribution is 7.18. The molecule has 0 unspecified atom stereocenters. The van der Waals surface area contributed by atoms with E-state index in [4.69, 9.17) is 0 Å². The van der Waals surface area contributed by atoms with Gasteiger partial charge < -0.3 is 10.2 Å². The van der Waals surface area contributed by atoms with Crippen LogP contribution in [0.2, 0.25) is 0 Å². The molecule has 1 N–H and O–H groups in total. The highest BCUT2D eigenvalue weighted by Crippen LogP contribution is 2.31. The number of hydrogen-bond acceptors (Lipinski definition) is 6. The molecule has 0 aliphatic rings. The third kappa shape index (κ3) is 2.48. The summed E-state index contributed by atoms with van der Waals surface area (Å²) in [5, 5.41) is 8.45. The Labute approximate surface area is 126 Å². The first-order chi connectivity index (χ1) is 9.67. The molecule has 3 heterocycles. The minimum Gasteiger partial charge on any atom is -0.357 e. The number of aryl methyl sites for hydroxylation is 1. The normalized spacial score (nSPS) is 10.9. The van der Waals surface area contributed by atoms with Crippen LogP contribution < -0.4 is 10.2 Å². The largest absolute Gasteiger partial charge is 0.357 e. The molecule has 0 amide bonds. The van der Waals surface area contributed by atoms with Crippen LogP contribution in [0, 0.1) is 6.92 Å². The Balaban J connectivity index is 2.04. The maximum absolute atomic E-state index is 4.63. The van der Waals surface area contributed by atoms with E-state index in [0.717, 1.165) is 22.6 Å². The summed E-state index contributed by atoms with van der Waals surface area (Å²) in [6.07, 6.45) is 0. The SMILES string of the molecule is CNc1nc(N(C)Cc2ccsc2)c2cc(C)sc2n1. The maximum atomic E-state index is 4.63. The first-order valence-corrected chi connectivity index (χ1v) is 8.11. The van der Waals surface area contributed by atoms with Crippen LogP contribution in [-0.2, 0) is 6.54 Å². The van der Waals surface area contributed by atoms with Crippen LogP contribution in [0.5, 0.6) is 0 Å². The average molecular weight is 304 g/mol. The Morgan fingerprint density at radius 2 is 2.20 bits per heavy atom. The third-order valence-corrected chi connectivity index (χ3v) is 4.76. The number of thiophene rings is 2. The van der Waals surface area contributed by atoms with E-state index in [9.17, 15) is 0 Å². The predicted molar refractivity (Wildman–Crippen MR) is 88.1 cm³/mol. The van der Waals surface area contributed by atoms with Crippen LogP contribution in [0.1, 0.15) is 10.4 Å². The highest BCUT2D eigenvalue weighted by atomic mass is 32.1. The van der Waals surface area contributed by atoms with Gasteiger partial charge in [0.2, 0.25) is 5.95 Å². The van der Waals surface area contributed by atoms with E-state index in [1.165, 1.54) is 10.4 Å². The van der Waals surface area contributed by atoms with E-state index >= 15 is 0 Å². The predicted octanol–water partition coefficient (Wildman–Crippen LogP) is 3.74. The maximum Gasteiger partial charge on any atom is 0.225 e. The van der Waals surface area contributed by atoms with Gasteiger partial charge in [-0.15, -0.1) is 11.3 Å². The molecule has 104 valence electrons. The number of hydrogen-bond donors (Lipinski definition) is 1. The molecule has 0 radical (unpaired) electrons. The van der Waals surface area contributed by atoms with Crippen molar-refractivity contribution in [2.75, 3.05) is 24.3 Å². The lowest BCUT2D eigenvalue weighted by molar-refractivity contribution is 0.905. The number of aromatic nitrogens is 2. The van der Waals surface area contributed by atoms with Gasteiger partial charge in [-0.25, -0.2) is 4.98 Å². The molecule has 20 heavy (non-hydrogen) atoms. The molecule has 0 aliphatic heterocycles. The molecule has 0 bridgehead atoms. The monoisotopic (exact) mass is 304 g/mol. The smallest absolute Gasteiger partial charge is 0.225 e. The summed E-state index contributed by atoms with van der Waals surface area (Å²) in [7, 11) is 3.93. The Morgan fingerprint density at radius 1 is 1.35 bits per heavy atom. The fourth-order valence-corrected chi connectivity index (χ4v) is 3.69. The lowest BCUT2D eigenvalue weighted by atomic mass is 10.3. The van der Waals surface area contributed by atoms with Crippen LogP contribution in [0.15, 0.2) is 22.9 Å². The molecular weight excluding hydrogens is 288 g/mol. The lowest BCUT2D eigenvalue weighted by Gasteiger charge is -2.19. The van der Waals surface area contributed by atoms with Crippen molar-refractivity contribution in [3.05, 3.63) is 33.3 Å². The molecule has 3 aromatic heterocycles. The average Bonchev–Trinajstić information content (AvgIpc) is 3.05. The first-order valence-electron chi connectivity index (χ1n) is 6.35. The van der Waals surface area contributed by atoms with E-state index < -0.39 is 0 Å². The van der Waals surface area contributed by atoms with Gasteiger partial charge in [0.1, 0.15) is 10.6 Å². The van der Waals surface area contributed by atoms with E-state index in [2.05, 4.69) is 57.0 Å². The van der Waals surface area contributed by atoms with Gasteiger partial charge in [0.05, 0.1) is 5.39 Å². The Morgan fingerprint density at radius 3 is 2.90 bits per heavy atom. The van der Waals surface area contributed by atoms with Gasteiger partial charge in [-0.2, -0.15) is 16.3 Å². The summed E-state index contributed by atoms with van der Waals surface area (Å²) in [4.78, 5) is 13.6. The van der Waals surface area contributed by atoms with Crippen LogP contribution in [0.3, 0.4) is 0 Å². The molecule has 3 aromatic rings. The second kappa shape index (κ2) is 5.38. The molecule has 0 saturated heterocycles. The van der Waals surface area contributed by atoms with E-state index in [0.29, 0.717) is 5.95 Å². The zero-order chi connectivity index (χ0) is 14.1.